The highest BCUT2D eigenvalue weighted by atomic mass is 35.5. The van der Waals surface area contributed by atoms with Crippen LogP contribution in [-0.4, -0.2) is 67.2 Å². The van der Waals surface area contributed by atoms with Crippen molar-refractivity contribution in [3.8, 4) is 0 Å². The SMILES string of the molecule is CS(=O)(=O)c1ccc(N[C@H]2CCN(C3CCN(c4ncc(Cl)nc4Cl)CC3)C2=O)c(F)c1. The number of carbonyl (C=O) groups excluding carboxylic acids is 1. The molecular formula is C20H22Cl2FN5O3S. The van der Waals surface area contributed by atoms with Crippen LogP contribution in [0.4, 0.5) is 15.9 Å². The Balaban J connectivity index is 1.37. The molecule has 0 unspecified atom stereocenters. The number of nitrogens with one attached hydrogen (secondary N) is 1. The summed E-state index contributed by atoms with van der Waals surface area (Å²) < 4.78 is 37.6. The topological polar surface area (TPSA) is 95.5 Å². The molecule has 12 heteroatoms. The number of halogens is 3. The van der Waals surface area contributed by atoms with Crippen molar-refractivity contribution in [2.75, 3.05) is 36.1 Å². The van der Waals surface area contributed by atoms with E-state index in [-0.39, 0.29) is 32.8 Å². The Labute approximate surface area is 195 Å². The average molecular weight is 502 g/mol. The van der Waals surface area contributed by atoms with E-state index in [4.69, 9.17) is 23.2 Å². The quantitative estimate of drug-likeness (QED) is 0.672. The summed E-state index contributed by atoms with van der Waals surface area (Å²) in [5.74, 6) is -0.206. The van der Waals surface area contributed by atoms with Gasteiger partial charge in [-0.1, -0.05) is 23.2 Å². The summed E-state index contributed by atoms with van der Waals surface area (Å²) in [6.45, 7) is 1.92. The maximum absolute atomic E-state index is 14.4. The van der Waals surface area contributed by atoms with Crippen LogP contribution < -0.4 is 10.2 Å². The highest BCUT2D eigenvalue weighted by Crippen LogP contribution is 2.29. The Hall–Kier alpha value is -2.17. The molecule has 0 spiro atoms. The molecule has 1 amide bonds. The second-order valence-corrected chi connectivity index (χ2v) is 10.7. The summed E-state index contributed by atoms with van der Waals surface area (Å²) in [7, 11) is -3.50. The fourth-order valence-corrected chi connectivity index (χ4v) is 5.24. The molecule has 0 aliphatic carbocycles. The first-order valence-electron chi connectivity index (χ1n) is 10.1. The van der Waals surface area contributed by atoms with E-state index in [0.717, 1.165) is 25.2 Å². The minimum absolute atomic E-state index is 0.0713. The minimum Gasteiger partial charge on any atom is -0.371 e. The van der Waals surface area contributed by atoms with Gasteiger partial charge in [0, 0.05) is 31.9 Å². The Kier molecular flexibility index (Phi) is 6.46. The lowest BCUT2D eigenvalue weighted by atomic mass is 10.0. The fourth-order valence-electron chi connectivity index (χ4n) is 4.17. The molecule has 2 aromatic rings. The molecule has 0 radical (unpaired) electrons. The van der Waals surface area contributed by atoms with E-state index in [1.165, 1.54) is 18.3 Å². The van der Waals surface area contributed by atoms with Crippen molar-refractivity contribution in [2.24, 2.45) is 0 Å². The smallest absolute Gasteiger partial charge is 0.245 e. The van der Waals surface area contributed by atoms with Crippen LogP contribution in [0.1, 0.15) is 19.3 Å². The number of hydrogen-bond donors (Lipinski definition) is 1. The number of anilines is 2. The molecule has 2 aliphatic rings. The summed E-state index contributed by atoms with van der Waals surface area (Å²) in [6, 6.07) is 3.18. The normalized spacial score (nSPS) is 20.1. The number of rotatable bonds is 5. The van der Waals surface area contributed by atoms with E-state index in [1.54, 1.807) is 0 Å². The van der Waals surface area contributed by atoms with Gasteiger partial charge in [0.2, 0.25) is 5.91 Å². The molecule has 0 bridgehead atoms. The van der Waals surface area contributed by atoms with Crippen LogP contribution in [0.25, 0.3) is 0 Å². The number of benzene rings is 1. The molecular weight excluding hydrogens is 480 g/mol. The van der Waals surface area contributed by atoms with Gasteiger partial charge in [0.05, 0.1) is 16.8 Å². The highest BCUT2D eigenvalue weighted by molar-refractivity contribution is 7.90. The van der Waals surface area contributed by atoms with Gasteiger partial charge in [-0.3, -0.25) is 4.79 Å². The number of likely N-dealkylation sites (tertiary alicyclic amines) is 1. The largest absolute Gasteiger partial charge is 0.371 e. The van der Waals surface area contributed by atoms with Crippen LogP contribution in [0, 0.1) is 5.82 Å². The molecule has 32 heavy (non-hydrogen) atoms. The van der Waals surface area contributed by atoms with Crippen LogP contribution >= 0.6 is 23.2 Å². The number of sulfone groups is 1. The van der Waals surface area contributed by atoms with E-state index in [0.29, 0.717) is 31.9 Å². The van der Waals surface area contributed by atoms with Crippen molar-refractivity contribution < 1.29 is 17.6 Å². The molecule has 2 fully saturated rings. The van der Waals surface area contributed by atoms with Gasteiger partial charge in [0.1, 0.15) is 17.0 Å². The second kappa shape index (κ2) is 8.99. The van der Waals surface area contributed by atoms with Crippen molar-refractivity contribution in [2.45, 2.75) is 36.2 Å². The summed E-state index contributed by atoms with van der Waals surface area (Å²) in [5.41, 5.74) is 0.114. The van der Waals surface area contributed by atoms with Crippen LogP contribution in [-0.2, 0) is 14.6 Å². The maximum atomic E-state index is 14.4. The lowest BCUT2D eigenvalue weighted by Crippen LogP contribution is -2.47. The first-order chi connectivity index (χ1) is 15.1. The minimum atomic E-state index is -3.50. The van der Waals surface area contributed by atoms with E-state index in [2.05, 4.69) is 15.3 Å². The third kappa shape index (κ3) is 4.77. The lowest BCUT2D eigenvalue weighted by molar-refractivity contribution is -0.130. The molecule has 1 aromatic heterocycles. The predicted octanol–water partition coefficient (Wildman–Crippen LogP) is 3.01. The molecule has 4 rings (SSSR count). The van der Waals surface area contributed by atoms with Crippen LogP contribution in [0.15, 0.2) is 29.3 Å². The molecule has 8 nitrogen and oxygen atoms in total. The van der Waals surface area contributed by atoms with Gasteiger partial charge >= 0.3 is 0 Å². The Morgan fingerprint density at radius 1 is 1.16 bits per heavy atom. The Morgan fingerprint density at radius 3 is 2.50 bits per heavy atom. The molecule has 2 aliphatic heterocycles. The van der Waals surface area contributed by atoms with Gasteiger partial charge in [-0.25, -0.2) is 22.8 Å². The summed E-state index contributed by atoms with van der Waals surface area (Å²) in [4.78, 5) is 25.0. The first kappa shape index (κ1) is 23.0. The molecule has 2 saturated heterocycles. The maximum Gasteiger partial charge on any atom is 0.245 e. The predicted molar refractivity (Wildman–Crippen MR) is 121 cm³/mol. The third-order valence-electron chi connectivity index (χ3n) is 5.83. The van der Waals surface area contributed by atoms with Gasteiger partial charge in [-0.15, -0.1) is 0 Å². The summed E-state index contributed by atoms with van der Waals surface area (Å²) >= 11 is 12.0. The van der Waals surface area contributed by atoms with Crippen LogP contribution in [0.5, 0.6) is 0 Å². The fraction of sp³-hybridized carbons (Fsp3) is 0.450. The summed E-state index contributed by atoms with van der Waals surface area (Å²) in [6.07, 6.45) is 4.51. The third-order valence-corrected chi connectivity index (χ3v) is 7.37. The number of hydrogen-bond acceptors (Lipinski definition) is 7. The Morgan fingerprint density at radius 2 is 1.88 bits per heavy atom. The zero-order chi connectivity index (χ0) is 23.0. The lowest BCUT2D eigenvalue weighted by Gasteiger charge is -2.37. The molecule has 1 atom stereocenters. The monoisotopic (exact) mass is 501 g/mol. The van der Waals surface area contributed by atoms with Gasteiger partial charge in [0.25, 0.3) is 0 Å². The van der Waals surface area contributed by atoms with Gasteiger partial charge in [-0.2, -0.15) is 0 Å². The van der Waals surface area contributed by atoms with Crippen molar-refractivity contribution in [3.63, 3.8) is 0 Å². The highest BCUT2D eigenvalue weighted by Gasteiger charge is 2.37. The molecule has 3 heterocycles. The van der Waals surface area contributed by atoms with E-state index >= 15 is 0 Å². The molecule has 1 N–H and O–H groups in total. The van der Waals surface area contributed by atoms with E-state index < -0.39 is 21.7 Å². The van der Waals surface area contributed by atoms with Crippen LogP contribution in [0.2, 0.25) is 10.3 Å². The standard InChI is InChI=1S/C20H22Cl2FN5O3S/c1-32(30,31)13-2-3-15(14(23)10-13)25-16-6-9-28(20(16)29)12-4-7-27(8-5-12)19-18(22)26-17(21)11-24-19/h2-3,10-12,16,25H,4-9H2,1H3/t16-/m0/s1. The Bertz CT molecular complexity index is 1140. The number of nitrogens with zero attached hydrogens (tertiary/aromatic N) is 4. The number of amides is 1. The number of aromatic nitrogens is 2. The zero-order valence-electron chi connectivity index (χ0n) is 17.3. The number of piperidine rings is 1. The average Bonchev–Trinajstić information content (AvgIpc) is 3.09. The van der Waals surface area contributed by atoms with Crippen molar-refractivity contribution >= 4 is 50.5 Å². The molecule has 172 valence electrons. The first-order valence-corrected chi connectivity index (χ1v) is 12.8. The van der Waals surface area contributed by atoms with E-state index in [9.17, 15) is 17.6 Å². The summed E-state index contributed by atoms with van der Waals surface area (Å²) in [5, 5.41) is 3.42. The molecule has 1 aromatic carbocycles. The van der Waals surface area contributed by atoms with Gasteiger partial charge in [-0.05, 0) is 37.5 Å². The number of carbonyl (C=O) groups is 1. The van der Waals surface area contributed by atoms with Crippen LogP contribution in [0.3, 0.4) is 0 Å². The van der Waals surface area contributed by atoms with Crippen molar-refractivity contribution in [1.82, 2.24) is 14.9 Å². The van der Waals surface area contributed by atoms with E-state index in [1.807, 2.05) is 9.80 Å². The zero-order valence-corrected chi connectivity index (χ0v) is 19.6. The van der Waals surface area contributed by atoms with Crippen molar-refractivity contribution in [1.29, 1.82) is 0 Å². The van der Waals surface area contributed by atoms with Gasteiger partial charge < -0.3 is 15.1 Å². The molecule has 0 saturated carbocycles. The van der Waals surface area contributed by atoms with Gasteiger partial charge in [0.15, 0.2) is 20.8 Å². The second-order valence-electron chi connectivity index (χ2n) is 7.96. The van der Waals surface area contributed by atoms with Crippen molar-refractivity contribution in [3.05, 3.63) is 40.5 Å².